The van der Waals surface area contributed by atoms with Crippen LogP contribution in [0.25, 0.3) is 0 Å². The monoisotopic (exact) mass is 382 g/mol. The lowest BCUT2D eigenvalue weighted by molar-refractivity contribution is -0.118. The van der Waals surface area contributed by atoms with E-state index in [1.54, 1.807) is 4.90 Å². The van der Waals surface area contributed by atoms with Crippen LogP contribution in [0.3, 0.4) is 0 Å². The van der Waals surface area contributed by atoms with Gasteiger partial charge in [-0.1, -0.05) is 18.2 Å². The number of carbonyl (C=O) groups excluding carboxylic acids is 3. The summed E-state index contributed by atoms with van der Waals surface area (Å²) in [6.07, 6.45) is 3.34. The second-order valence-electron chi connectivity index (χ2n) is 7.07. The van der Waals surface area contributed by atoms with E-state index in [1.165, 1.54) is 6.26 Å². The van der Waals surface area contributed by atoms with Crippen LogP contribution in [0.4, 0.5) is 5.69 Å². The van der Waals surface area contributed by atoms with Gasteiger partial charge >= 0.3 is 0 Å². The predicted molar refractivity (Wildman–Crippen MR) is 101 cm³/mol. The largest absolute Gasteiger partial charge is 0.468 e. The molecule has 1 fully saturated rings. The van der Waals surface area contributed by atoms with Gasteiger partial charge in [-0.25, -0.2) is 0 Å². The van der Waals surface area contributed by atoms with Crippen LogP contribution in [0.5, 0.6) is 0 Å². The molecule has 1 aliphatic heterocycles. The Kier molecular flexibility index (Phi) is 5.25. The van der Waals surface area contributed by atoms with Crippen molar-refractivity contribution >= 4 is 23.3 Å². The molecule has 7 nitrogen and oxygen atoms in total. The van der Waals surface area contributed by atoms with Crippen LogP contribution in [0.2, 0.25) is 0 Å². The first kappa shape index (κ1) is 18.4. The number of anilines is 1. The normalized spacial score (nSPS) is 19.2. The van der Waals surface area contributed by atoms with Gasteiger partial charge in [-0.05, 0) is 18.6 Å². The minimum atomic E-state index is -0.394. The smallest absolute Gasteiger partial charge is 0.258 e. The molecule has 0 saturated carbocycles. The van der Waals surface area contributed by atoms with Crippen molar-refractivity contribution in [2.75, 3.05) is 25.1 Å². The number of rotatable bonds is 4. The van der Waals surface area contributed by atoms with Gasteiger partial charge in [0.25, 0.3) is 5.91 Å². The lowest BCUT2D eigenvalue weighted by Gasteiger charge is -2.35. The fourth-order valence-corrected chi connectivity index (χ4v) is 3.77. The Balaban J connectivity index is 1.49. The highest BCUT2D eigenvalue weighted by molar-refractivity contribution is 6.09. The van der Waals surface area contributed by atoms with Crippen molar-refractivity contribution in [1.82, 2.24) is 4.90 Å². The summed E-state index contributed by atoms with van der Waals surface area (Å²) >= 11 is 0. The Labute approximate surface area is 162 Å². The molecule has 4 rings (SSSR count). The summed E-state index contributed by atoms with van der Waals surface area (Å²) in [5, 5.41) is 2.84. The van der Waals surface area contributed by atoms with Crippen LogP contribution in [0, 0.1) is 0 Å². The molecule has 0 bridgehead atoms. The van der Waals surface area contributed by atoms with Crippen molar-refractivity contribution in [3.63, 3.8) is 0 Å². The molecule has 1 N–H and O–H groups in total. The van der Waals surface area contributed by atoms with Gasteiger partial charge in [-0.3, -0.25) is 14.4 Å². The molecule has 7 heteroatoms. The maximum Gasteiger partial charge on any atom is 0.258 e. The minimum absolute atomic E-state index is 0.0509. The van der Waals surface area contributed by atoms with Crippen LogP contribution in [0.1, 0.15) is 45.7 Å². The van der Waals surface area contributed by atoms with Crippen molar-refractivity contribution in [1.29, 1.82) is 0 Å². The maximum absolute atomic E-state index is 13.2. The summed E-state index contributed by atoms with van der Waals surface area (Å²) in [4.78, 5) is 39.5. The number of Topliss-reactive ketones (excluding diaryl/α,β-unsaturated/α-hetero) is 1. The number of ketones is 1. The Hall–Kier alpha value is -2.93. The zero-order chi connectivity index (χ0) is 19.5. The van der Waals surface area contributed by atoms with Gasteiger partial charge in [-0.15, -0.1) is 0 Å². The van der Waals surface area contributed by atoms with Crippen molar-refractivity contribution in [2.24, 2.45) is 0 Å². The van der Waals surface area contributed by atoms with E-state index >= 15 is 0 Å². The number of nitrogens with zero attached hydrogens (tertiary/aromatic N) is 1. The Morgan fingerprint density at radius 3 is 2.82 bits per heavy atom. The number of morpholine rings is 1. The topological polar surface area (TPSA) is 88.8 Å². The van der Waals surface area contributed by atoms with E-state index in [4.69, 9.17) is 9.15 Å². The first-order chi connectivity index (χ1) is 13.6. The molecule has 0 radical (unpaired) electrons. The zero-order valence-electron chi connectivity index (χ0n) is 15.5. The molecule has 2 heterocycles. The predicted octanol–water partition coefficient (Wildman–Crippen LogP) is 2.67. The van der Waals surface area contributed by atoms with Crippen LogP contribution in [-0.4, -0.2) is 48.3 Å². The van der Waals surface area contributed by atoms with Crippen LogP contribution < -0.4 is 5.32 Å². The summed E-state index contributed by atoms with van der Waals surface area (Å²) in [7, 11) is 0. The number of carbonyl (C=O) groups is 3. The lowest BCUT2D eigenvalue weighted by Crippen LogP contribution is -2.50. The number of furan rings is 1. The average Bonchev–Trinajstić information content (AvgIpc) is 3.14. The van der Waals surface area contributed by atoms with Gasteiger partial charge in [0.1, 0.15) is 12.0 Å². The number of nitrogens with one attached hydrogen (secondary N) is 1. The Morgan fingerprint density at radius 1 is 1.18 bits per heavy atom. The number of aryl methyl sites for hydroxylation is 1. The van der Waals surface area contributed by atoms with Gasteiger partial charge in [0.15, 0.2) is 5.78 Å². The van der Waals surface area contributed by atoms with E-state index in [9.17, 15) is 14.4 Å². The first-order valence-electron chi connectivity index (χ1n) is 9.50. The summed E-state index contributed by atoms with van der Waals surface area (Å²) in [6, 6.07) is 8.78. The van der Waals surface area contributed by atoms with Gasteiger partial charge in [0, 0.05) is 31.5 Å². The van der Waals surface area contributed by atoms with E-state index in [2.05, 4.69) is 5.32 Å². The van der Waals surface area contributed by atoms with E-state index < -0.39 is 6.04 Å². The molecule has 1 unspecified atom stereocenters. The third-order valence-electron chi connectivity index (χ3n) is 5.15. The number of amides is 2. The summed E-state index contributed by atoms with van der Waals surface area (Å²) in [5.41, 5.74) is 1.42. The highest BCUT2D eigenvalue weighted by atomic mass is 16.5. The molecule has 1 saturated heterocycles. The molecule has 1 atom stereocenters. The fraction of sp³-hybridized carbons (Fsp3) is 0.381. The van der Waals surface area contributed by atoms with E-state index in [1.807, 2.05) is 30.3 Å². The highest BCUT2D eigenvalue weighted by Crippen LogP contribution is 2.28. The summed E-state index contributed by atoms with van der Waals surface area (Å²) < 4.78 is 11.0. The number of ether oxygens (including phenoxy) is 1. The third kappa shape index (κ3) is 3.71. The lowest BCUT2D eigenvalue weighted by atomic mass is 9.93. The molecule has 1 aromatic carbocycles. The average molecular weight is 382 g/mol. The van der Waals surface area contributed by atoms with Crippen LogP contribution in [-0.2, 0) is 16.0 Å². The molecule has 146 valence electrons. The Morgan fingerprint density at radius 2 is 2.00 bits per heavy atom. The first-order valence-corrected chi connectivity index (χ1v) is 9.50. The molecule has 0 spiro atoms. The number of benzene rings is 1. The number of hydrogen-bond acceptors (Lipinski definition) is 5. The van der Waals surface area contributed by atoms with Crippen molar-refractivity contribution in [3.05, 3.63) is 53.5 Å². The second-order valence-corrected chi connectivity index (χ2v) is 7.07. The summed E-state index contributed by atoms with van der Waals surface area (Å²) in [5.74, 6) is 0.0714. The zero-order valence-corrected chi connectivity index (χ0v) is 15.5. The minimum Gasteiger partial charge on any atom is -0.468 e. The van der Waals surface area contributed by atoms with Crippen molar-refractivity contribution in [3.8, 4) is 0 Å². The highest BCUT2D eigenvalue weighted by Gasteiger charge is 2.35. The van der Waals surface area contributed by atoms with E-state index in [0.29, 0.717) is 48.6 Å². The van der Waals surface area contributed by atoms with Crippen molar-refractivity contribution in [2.45, 2.75) is 31.7 Å². The standard InChI is InChI=1S/C21H22N2O5/c24-17-7-4-8-18-20(17)16(13-28-18)21(26)23-9-10-27-12-15(23)11-19(25)22-14-5-2-1-3-6-14/h1-3,5-6,13,15H,4,7-12H2,(H,22,25). The van der Waals surface area contributed by atoms with Gasteiger partial charge in [-0.2, -0.15) is 0 Å². The number of fused-ring (bicyclic) bond motifs is 1. The molecule has 28 heavy (non-hydrogen) atoms. The maximum atomic E-state index is 13.2. The number of para-hydroxylation sites is 1. The SMILES string of the molecule is O=C(CC1COCCN1C(=O)c1coc2c1C(=O)CCC2)Nc1ccccc1. The molecular formula is C21H22N2O5. The number of hydrogen-bond donors (Lipinski definition) is 1. The summed E-state index contributed by atoms with van der Waals surface area (Å²) in [6.45, 7) is 1.05. The molecule has 2 amide bonds. The van der Waals surface area contributed by atoms with E-state index in [-0.39, 0.29) is 30.6 Å². The van der Waals surface area contributed by atoms with Crippen LogP contribution >= 0.6 is 0 Å². The third-order valence-corrected chi connectivity index (χ3v) is 5.15. The van der Waals surface area contributed by atoms with E-state index in [0.717, 1.165) is 6.42 Å². The molecule has 2 aliphatic rings. The molecular weight excluding hydrogens is 360 g/mol. The fourth-order valence-electron chi connectivity index (χ4n) is 3.77. The van der Waals surface area contributed by atoms with Gasteiger partial charge < -0.3 is 19.4 Å². The second kappa shape index (κ2) is 7.98. The Bertz CT molecular complexity index is 889. The van der Waals surface area contributed by atoms with Gasteiger partial charge in [0.2, 0.25) is 5.91 Å². The molecule has 1 aliphatic carbocycles. The molecule has 1 aromatic heterocycles. The van der Waals surface area contributed by atoms with Crippen LogP contribution in [0.15, 0.2) is 41.0 Å². The quantitative estimate of drug-likeness (QED) is 0.878. The molecule has 2 aromatic rings. The van der Waals surface area contributed by atoms with Crippen molar-refractivity contribution < 1.29 is 23.5 Å². The van der Waals surface area contributed by atoms with Gasteiger partial charge in [0.05, 0.1) is 30.4 Å².